The molecule has 0 unspecified atom stereocenters. The van der Waals surface area contributed by atoms with Crippen molar-refractivity contribution >= 4 is 9.84 Å². The van der Waals surface area contributed by atoms with Gasteiger partial charge < -0.3 is 0 Å². The van der Waals surface area contributed by atoms with Crippen molar-refractivity contribution in [1.82, 2.24) is 0 Å². The Bertz CT molecular complexity index is 1020. The smallest absolute Gasteiger partial charge is 0.185 e. The summed E-state index contributed by atoms with van der Waals surface area (Å²) >= 11 is 0. The Morgan fingerprint density at radius 2 is 1.38 bits per heavy atom. The molecule has 0 radical (unpaired) electrons. The van der Waals surface area contributed by atoms with Crippen LogP contribution in [0.5, 0.6) is 0 Å². The molecule has 0 heterocycles. The third kappa shape index (κ3) is 2.67. The third-order valence-electron chi connectivity index (χ3n) is 5.45. The minimum atomic E-state index is -3.46. The summed E-state index contributed by atoms with van der Waals surface area (Å²) in [5.41, 5.74) is 4.36. The van der Waals surface area contributed by atoms with E-state index in [0.717, 1.165) is 16.7 Å². The van der Waals surface area contributed by atoms with Crippen molar-refractivity contribution in [3.63, 3.8) is 0 Å². The van der Waals surface area contributed by atoms with E-state index in [0.29, 0.717) is 4.90 Å². The molecule has 0 aliphatic heterocycles. The van der Waals surface area contributed by atoms with Gasteiger partial charge in [0.15, 0.2) is 9.84 Å². The van der Waals surface area contributed by atoms with Gasteiger partial charge in [-0.25, -0.2) is 8.42 Å². The van der Waals surface area contributed by atoms with Crippen LogP contribution in [0, 0.1) is 12.8 Å². The molecule has 0 spiro atoms. The highest BCUT2D eigenvalue weighted by Gasteiger charge is 2.45. The van der Waals surface area contributed by atoms with Gasteiger partial charge in [0.1, 0.15) is 0 Å². The average molecular weight is 362 g/mol. The molecule has 3 heteroatoms. The Morgan fingerprint density at radius 1 is 0.769 bits per heavy atom. The Morgan fingerprint density at radius 3 is 2.04 bits per heavy atom. The summed E-state index contributed by atoms with van der Waals surface area (Å²) in [6.07, 6.45) is 0. The van der Waals surface area contributed by atoms with Gasteiger partial charge in [0, 0.05) is 5.92 Å². The van der Waals surface area contributed by atoms with E-state index < -0.39 is 15.1 Å². The Balaban J connectivity index is 1.91. The number of hydrogen-bond acceptors (Lipinski definition) is 2. The number of fused-ring (bicyclic) bond motifs is 1. The quantitative estimate of drug-likeness (QED) is 0.634. The molecule has 4 rings (SSSR count). The van der Waals surface area contributed by atoms with Gasteiger partial charge in [0.2, 0.25) is 0 Å². The van der Waals surface area contributed by atoms with Gasteiger partial charge >= 0.3 is 0 Å². The second-order valence-corrected chi connectivity index (χ2v) is 9.23. The Hall–Kier alpha value is -2.39. The predicted octanol–water partition coefficient (Wildman–Crippen LogP) is 5.29. The predicted molar refractivity (Wildman–Crippen MR) is 105 cm³/mol. The van der Waals surface area contributed by atoms with Crippen LogP contribution >= 0.6 is 0 Å². The number of rotatable bonds is 3. The number of benzene rings is 3. The molecule has 26 heavy (non-hydrogen) atoms. The van der Waals surface area contributed by atoms with Crippen molar-refractivity contribution in [3.05, 3.63) is 101 Å². The van der Waals surface area contributed by atoms with Crippen molar-refractivity contribution in [3.8, 4) is 0 Å². The summed E-state index contributed by atoms with van der Waals surface area (Å²) in [7, 11) is -3.46. The molecule has 3 atom stereocenters. The van der Waals surface area contributed by atoms with E-state index in [4.69, 9.17) is 0 Å². The van der Waals surface area contributed by atoms with Crippen LogP contribution in [0.15, 0.2) is 83.8 Å². The van der Waals surface area contributed by atoms with E-state index in [9.17, 15) is 8.42 Å². The summed E-state index contributed by atoms with van der Waals surface area (Å²) < 4.78 is 27.0. The maximum absolute atomic E-state index is 13.5. The monoisotopic (exact) mass is 362 g/mol. The molecule has 0 saturated heterocycles. The first-order chi connectivity index (χ1) is 12.5. The third-order valence-corrected chi connectivity index (χ3v) is 7.73. The summed E-state index contributed by atoms with van der Waals surface area (Å²) in [6, 6.07) is 25.3. The van der Waals surface area contributed by atoms with Crippen LogP contribution in [-0.2, 0) is 9.84 Å². The van der Waals surface area contributed by atoms with Gasteiger partial charge in [-0.15, -0.1) is 0 Å². The largest absolute Gasteiger partial charge is 0.223 e. The lowest BCUT2D eigenvalue weighted by Crippen LogP contribution is -2.19. The van der Waals surface area contributed by atoms with Gasteiger partial charge in [-0.05, 0) is 41.7 Å². The molecule has 0 bridgehead atoms. The van der Waals surface area contributed by atoms with Crippen LogP contribution in [0.4, 0.5) is 0 Å². The Labute approximate surface area is 155 Å². The van der Waals surface area contributed by atoms with E-state index in [1.807, 2.05) is 31.2 Å². The van der Waals surface area contributed by atoms with Crippen LogP contribution in [-0.4, -0.2) is 8.42 Å². The molecule has 1 aliphatic carbocycles. The highest BCUT2D eigenvalue weighted by molar-refractivity contribution is 7.91. The molecule has 132 valence electrons. The lowest BCUT2D eigenvalue weighted by Gasteiger charge is -2.22. The fourth-order valence-electron chi connectivity index (χ4n) is 4.32. The van der Waals surface area contributed by atoms with Gasteiger partial charge in [0.05, 0.1) is 10.1 Å². The van der Waals surface area contributed by atoms with Crippen molar-refractivity contribution < 1.29 is 8.42 Å². The molecular weight excluding hydrogens is 340 g/mol. The fourth-order valence-corrected chi connectivity index (χ4v) is 6.41. The molecule has 1 aliphatic rings. The van der Waals surface area contributed by atoms with Gasteiger partial charge in [-0.3, -0.25) is 0 Å². The number of sulfone groups is 1. The summed E-state index contributed by atoms with van der Waals surface area (Å²) in [4.78, 5) is 0.401. The van der Waals surface area contributed by atoms with E-state index in [-0.39, 0.29) is 11.8 Å². The maximum Gasteiger partial charge on any atom is 0.185 e. The molecule has 0 aromatic heterocycles. The Kier molecular flexibility index (Phi) is 4.20. The molecule has 0 saturated carbocycles. The summed E-state index contributed by atoms with van der Waals surface area (Å²) in [5, 5.41) is -0.523. The second kappa shape index (κ2) is 6.40. The molecule has 0 amide bonds. The van der Waals surface area contributed by atoms with E-state index >= 15 is 0 Å². The minimum absolute atomic E-state index is 0.0283. The standard InChI is InChI=1S/C23H22O2S/c1-16-13-14-20-21(15-16)23(26(24,25)19-11-7-4-8-12-19)17(2)22(20)18-9-5-3-6-10-18/h3-15,17,22-23H,1-2H3/t17-,22+,23+/m0/s1. The summed E-state index contributed by atoms with van der Waals surface area (Å²) in [6.45, 7) is 4.09. The van der Waals surface area contributed by atoms with Crippen molar-refractivity contribution in [1.29, 1.82) is 0 Å². The molecule has 0 fully saturated rings. The second-order valence-electron chi connectivity index (χ2n) is 7.16. The average Bonchev–Trinajstić information content (AvgIpc) is 2.94. The van der Waals surface area contributed by atoms with E-state index in [1.54, 1.807) is 24.3 Å². The lowest BCUT2D eigenvalue weighted by atomic mass is 9.87. The number of aryl methyl sites for hydroxylation is 1. The lowest BCUT2D eigenvalue weighted by molar-refractivity contribution is 0.507. The zero-order chi connectivity index (χ0) is 18.3. The van der Waals surface area contributed by atoms with Crippen LogP contribution in [0.25, 0.3) is 0 Å². The van der Waals surface area contributed by atoms with E-state index in [2.05, 4.69) is 37.3 Å². The van der Waals surface area contributed by atoms with Crippen LogP contribution in [0.2, 0.25) is 0 Å². The van der Waals surface area contributed by atoms with Crippen molar-refractivity contribution in [2.45, 2.75) is 29.9 Å². The maximum atomic E-state index is 13.5. The molecule has 3 aromatic carbocycles. The fraction of sp³-hybridized carbons (Fsp3) is 0.217. The van der Waals surface area contributed by atoms with Gasteiger partial charge in [-0.1, -0.05) is 79.2 Å². The normalized spacial score (nSPS) is 22.2. The van der Waals surface area contributed by atoms with Gasteiger partial charge in [-0.2, -0.15) is 0 Å². The van der Waals surface area contributed by atoms with Crippen molar-refractivity contribution in [2.24, 2.45) is 5.92 Å². The minimum Gasteiger partial charge on any atom is -0.223 e. The molecule has 2 nitrogen and oxygen atoms in total. The molecule has 3 aromatic rings. The molecular formula is C23H22O2S. The number of hydrogen-bond donors (Lipinski definition) is 0. The van der Waals surface area contributed by atoms with Crippen LogP contribution in [0.1, 0.15) is 40.3 Å². The zero-order valence-corrected chi connectivity index (χ0v) is 15.8. The highest BCUT2D eigenvalue weighted by Crippen LogP contribution is 2.53. The summed E-state index contributed by atoms with van der Waals surface area (Å²) in [5.74, 6) is 0.0645. The van der Waals surface area contributed by atoms with Crippen LogP contribution < -0.4 is 0 Å². The first-order valence-electron chi connectivity index (χ1n) is 8.94. The SMILES string of the molecule is Cc1ccc2c(c1)[C@H](S(=O)(=O)c1ccccc1)[C@@H](C)[C@@H]2c1ccccc1. The highest BCUT2D eigenvalue weighted by atomic mass is 32.2. The topological polar surface area (TPSA) is 34.1 Å². The molecule has 0 N–H and O–H groups in total. The first-order valence-corrected chi connectivity index (χ1v) is 10.5. The van der Waals surface area contributed by atoms with Crippen molar-refractivity contribution in [2.75, 3.05) is 0 Å². The first kappa shape index (κ1) is 17.0. The van der Waals surface area contributed by atoms with E-state index in [1.165, 1.54) is 5.56 Å². The van der Waals surface area contributed by atoms with Gasteiger partial charge in [0.25, 0.3) is 0 Å². The van der Waals surface area contributed by atoms with Crippen LogP contribution in [0.3, 0.4) is 0 Å². The zero-order valence-electron chi connectivity index (χ0n) is 15.0.